The van der Waals surface area contributed by atoms with E-state index in [-0.39, 0.29) is 29.7 Å². The number of fused-ring (bicyclic) bond motifs is 5. The summed E-state index contributed by atoms with van der Waals surface area (Å²) in [6, 6.07) is 12.0. The lowest BCUT2D eigenvalue weighted by atomic mass is 9.81. The molecule has 3 fully saturated rings. The van der Waals surface area contributed by atoms with Crippen molar-refractivity contribution >= 4 is 44.4 Å². The van der Waals surface area contributed by atoms with Crippen molar-refractivity contribution in [3.8, 4) is 17.0 Å². The Morgan fingerprint density at radius 3 is 2.33 bits per heavy atom. The maximum Gasteiger partial charge on any atom is 0.264 e. The maximum absolute atomic E-state index is 14.8. The molecule has 2 aliphatic heterocycles. The zero-order chi connectivity index (χ0) is 38.8. The van der Waals surface area contributed by atoms with Crippen LogP contribution in [0.2, 0.25) is 0 Å². The first-order valence-electron chi connectivity index (χ1n) is 20.0. The molecule has 0 bridgehead atoms. The fourth-order valence-corrected chi connectivity index (χ4v) is 9.75. The molecule has 4 aliphatic rings. The monoisotopic (exact) mass is 767 g/mol. The van der Waals surface area contributed by atoms with E-state index in [1.165, 1.54) is 12.0 Å². The van der Waals surface area contributed by atoms with Crippen molar-refractivity contribution in [2.45, 2.75) is 122 Å². The maximum atomic E-state index is 14.8. The van der Waals surface area contributed by atoms with E-state index in [0.29, 0.717) is 36.8 Å². The van der Waals surface area contributed by atoms with Crippen LogP contribution in [0, 0.1) is 6.92 Å². The number of sulfonamides is 1. The molecular weight excluding hydrogens is 715 g/mol. The fourth-order valence-electron chi connectivity index (χ4n) is 9.14. The molecule has 0 unspecified atom stereocenters. The first-order chi connectivity index (χ1) is 26.3. The lowest BCUT2D eigenvalue weighted by Crippen LogP contribution is -2.48. The minimum Gasteiger partial charge on any atom is -0.497 e. The molecule has 0 radical (unpaired) electrons. The van der Waals surface area contributed by atoms with Gasteiger partial charge >= 0.3 is 0 Å². The number of methoxy groups -OCH3 is 1. The van der Waals surface area contributed by atoms with Crippen LogP contribution in [-0.4, -0.2) is 77.1 Å². The van der Waals surface area contributed by atoms with Gasteiger partial charge in [-0.3, -0.25) is 14.3 Å². The molecule has 1 N–H and O–H groups in total. The molecule has 55 heavy (non-hydrogen) atoms. The van der Waals surface area contributed by atoms with Crippen LogP contribution in [0.15, 0.2) is 36.4 Å². The van der Waals surface area contributed by atoms with Gasteiger partial charge in [0.25, 0.3) is 11.8 Å². The average molecular weight is 768 g/mol. The van der Waals surface area contributed by atoms with Gasteiger partial charge < -0.3 is 18.9 Å². The third-order valence-corrected chi connectivity index (χ3v) is 13.8. The van der Waals surface area contributed by atoms with E-state index in [1.807, 2.05) is 43.9 Å². The summed E-state index contributed by atoms with van der Waals surface area (Å²) in [5, 5.41) is 5.42. The number of nitrogens with zero attached hydrogens (tertiary/aromatic N) is 4. The molecule has 0 spiro atoms. The highest BCUT2D eigenvalue weighted by atomic mass is 32.2. The largest absolute Gasteiger partial charge is 0.497 e. The lowest BCUT2D eigenvalue weighted by Gasteiger charge is -2.35. The summed E-state index contributed by atoms with van der Waals surface area (Å²) < 4.78 is 44.1. The molecular formula is C43H53N5O6S. The molecule has 8 rings (SSSR count). The van der Waals surface area contributed by atoms with E-state index < -0.39 is 21.2 Å². The lowest BCUT2D eigenvalue weighted by molar-refractivity contribution is -0.0586. The van der Waals surface area contributed by atoms with Crippen molar-refractivity contribution in [3.05, 3.63) is 70.0 Å². The Labute approximate surface area is 324 Å². The first kappa shape index (κ1) is 37.5. The first-order valence-corrected chi connectivity index (χ1v) is 21.5. The Hall–Kier alpha value is -4.42. The molecule has 2 aromatic heterocycles. The van der Waals surface area contributed by atoms with Gasteiger partial charge in [0, 0.05) is 35.1 Å². The predicted octanol–water partition coefficient (Wildman–Crippen LogP) is 7.87. The highest BCUT2D eigenvalue weighted by Crippen LogP contribution is 2.48. The zero-order valence-electron chi connectivity index (χ0n) is 32.9. The van der Waals surface area contributed by atoms with Crippen LogP contribution in [0.1, 0.15) is 134 Å². The van der Waals surface area contributed by atoms with Crippen molar-refractivity contribution in [1.82, 2.24) is 24.0 Å². The number of amides is 2. The summed E-state index contributed by atoms with van der Waals surface area (Å²) in [5.74, 6) is 0.359. The van der Waals surface area contributed by atoms with Gasteiger partial charge in [-0.25, -0.2) is 13.1 Å². The molecule has 4 aromatic rings. The van der Waals surface area contributed by atoms with E-state index in [0.717, 1.165) is 89.7 Å². The minimum atomic E-state index is -3.84. The van der Waals surface area contributed by atoms with Crippen LogP contribution >= 0.6 is 0 Å². The number of morpholine rings is 1. The number of rotatable bonds is 8. The van der Waals surface area contributed by atoms with Crippen LogP contribution in [-0.2, 0) is 21.3 Å². The number of benzene rings is 2. The van der Waals surface area contributed by atoms with Crippen LogP contribution in [0.25, 0.3) is 33.8 Å². The molecule has 2 aromatic carbocycles. The normalized spacial score (nSPS) is 20.8. The summed E-state index contributed by atoms with van der Waals surface area (Å²) in [6.07, 6.45) is 10.8. The SMILES string of the molecule is COc1ccc2c(c1)C=C(c1c(C(=O)N3C[C@@H](C)O[C@@H](C)C3)c(C)nn1C1CCC1)Cn1c-2c(C2CCCCC2)c2ccc(C(=O)NS(=O)(=O)C(C)C)cc21. The van der Waals surface area contributed by atoms with E-state index in [1.54, 1.807) is 27.0 Å². The van der Waals surface area contributed by atoms with Gasteiger partial charge in [-0.05, 0) is 126 Å². The topological polar surface area (TPSA) is 125 Å². The van der Waals surface area contributed by atoms with Gasteiger partial charge in [0.15, 0.2) is 0 Å². The number of aromatic nitrogens is 3. The van der Waals surface area contributed by atoms with E-state index in [2.05, 4.69) is 32.2 Å². The molecule has 2 atom stereocenters. The number of carbonyl (C=O) groups excluding carboxylic acids is 2. The van der Waals surface area contributed by atoms with Crippen molar-refractivity contribution in [2.75, 3.05) is 20.2 Å². The van der Waals surface area contributed by atoms with E-state index in [9.17, 15) is 18.0 Å². The Morgan fingerprint density at radius 2 is 1.67 bits per heavy atom. The van der Waals surface area contributed by atoms with Gasteiger partial charge in [-0.15, -0.1) is 0 Å². The molecule has 2 aliphatic carbocycles. The van der Waals surface area contributed by atoms with Gasteiger partial charge in [-0.1, -0.05) is 25.3 Å². The molecule has 292 valence electrons. The summed E-state index contributed by atoms with van der Waals surface area (Å²) >= 11 is 0. The molecule has 2 amide bonds. The van der Waals surface area contributed by atoms with E-state index >= 15 is 0 Å². The summed E-state index contributed by atoms with van der Waals surface area (Å²) in [6.45, 7) is 10.5. The van der Waals surface area contributed by atoms with Crippen molar-refractivity contribution in [3.63, 3.8) is 0 Å². The fraction of sp³-hybridized carbons (Fsp3) is 0.512. The Kier molecular flexibility index (Phi) is 9.94. The number of nitrogens with one attached hydrogen (secondary N) is 1. The number of ether oxygens (including phenoxy) is 2. The highest BCUT2D eigenvalue weighted by molar-refractivity contribution is 7.90. The van der Waals surface area contributed by atoms with Crippen molar-refractivity contribution < 1.29 is 27.5 Å². The van der Waals surface area contributed by atoms with Gasteiger partial charge in [0.1, 0.15) is 5.75 Å². The van der Waals surface area contributed by atoms with Crippen LogP contribution in [0.3, 0.4) is 0 Å². The number of carbonyl (C=O) groups is 2. The smallest absolute Gasteiger partial charge is 0.264 e. The standard InChI is InChI=1S/C43H53N5O6S/c1-25(2)55(51,52)45-42(49)30-15-17-36-37(21-30)47-24-32(19-31-20-34(53-6)16-18-35(31)41(47)39(36)29-11-8-7-9-12-29)40-38(28(5)44-48(40)33-13-10-14-33)43(50)46-22-26(3)54-27(4)23-46/h15-21,25-27,29,33H,7-14,22-24H2,1-6H3,(H,45,49)/t26-,27+. The van der Waals surface area contributed by atoms with Crippen molar-refractivity contribution in [1.29, 1.82) is 0 Å². The predicted molar refractivity (Wildman–Crippen MR) is 215 cm³/mol. The van der Waals surface area contributed by atoms with Gasteiger partial charge in [0.2, 0.25) is 10.0 Å². The second-order valence-corrected chi connectivity index (χ2v) is 18.6. The van der Waals surface area contributed by atoms with Crippen LogP contribution in [0.4, 0.5) is 0 Å². The summed E-state index contributed by atoms with van der Waals surface area (Å²) in [5.41, 5.74) is 8.63. The third-order valence-electron chi connectivity index (χ3n) is 12.1. The number of aryl methyl sites for hydroxylation is 1. The Morgan fingerprint density at radius 1 is 0.945 bits per heavy atom. The summed E-state index contributed by atoms with van der Waals surface area (Å²) in [4.78, 5) is 30.3. The zero-order valence-corrected chi connectivity index (χ0v) is 33.7. The van der Waals surface area contributed by atoms with Crippen molar-refractivity contribution in [2.24, 2.45) is 0 Å². The van der Waals surface area contributed by atoms with Gasteiger partial charge in [0.05, 0.1) is 59.8 Å². The number of hydrogen-bond acceptors (Lipinski definition) is 7. The molecule has 11 nitrogen and oxygen atoms in total. The minimum absolute atomic E-state index is 0.0399. The average Bonchev–Trinajstić information content (AvgIpc) is 3.57. The molecule has 1 saturated heterocycles. The molecule has 12 heteroatoms. The van der Waals surface area contributed by atoms with Gasteiger partial charge in [-0.2, -0.15) is 5.10 Å². The summed E-state index contributed by atoms with van der Waals surface area (Å²) in [7, 11) is -2.17. The highest BCUT2D eigenvalue weighted by Gasteiger charge is 2.37. The third kappa shape index (κ3) is 6.79. The number of hydrogen-bond donors (Lipinski definition) is 1. The quantitative estimate of drug-likeness (QED) is 0.194. The second-order valence-electron chi connectivity index (χ2n) is 16.4. The Bertz CT molecular complexity index is 2300. The van der Waals surface area contributed by atoms with E-state index in [4.69, 9.17) is 14.6 Å². The van der Waals surface area contributed by atoms with Crippen LogP contribution < -0.4 is 9.46 Å². The van der Waals surface area contributed by atoms with Crippen LogP contribution in [0.5, 0.6) is 5.75 Å². The molecule has 4 heterocycles. The second kappa shape index (κ2) is 14.6. The number of allylic oxidation sites excluding steroid dienone is 1. The molecule has 2 saturated carbocycles. The Balaban J connectivity index is 1.37.